The number of morpholine rings is 1. The molecule has 0 atom stereocenters. The van der Waals surface area contributed by atoms with Crippen LogP contribution in [0.2, 0.25) is 0 Å². The maximum Gasteiger partial charge on any atom is 0.186 e. The second-order valence-corrected chi connectivity index (χ2v) is 7.69. The number of thiocarbonyl (C=S) groups is 1. The van der Waals surface area contributed by atoms with Crippen LogP contribution in [0.15, 0.2) is 53.6 Å². The molecule has 1 fully saturated rings. The summed E-state index contributed by atoms with van der Waals surface area (Å²) in [5, 5.41) is 7.91. The molecule has 6 nitrogen and oxygen atoms in total. The fraction of sp³-hybridized carbons (Fsp3) is 0.391. The lowest BCUT2D eigenvalue weighted by atomic mass is 10.2. The van der Waals surface area contributed by atoms with Crippen molar-refractivity contribution in [1.82, 2.24) is 15.6 Å². The number of nitrogens with one attached hydrogen (secondary N) is 2. The molecule has 3 rings (SSSR count). The van der Waals surface area contributed by atoms with Gasteiger partial charge in [0.2, 0.25) is 0 Å². The monoisotopic (exact) mass is 426 g/mol. The highest BCUT2D eigenvalue weighted by Gasteiger charge is 2.09. The maximum absolute atomic E-state index is 5.83. The molecule has 0 aromatic heterocycles. The Morgan fingerprint density at radius 2 is 1.87 bits per heavy atom. The summed E-state index contributed by atoms with van der Waals surface area (Å²) in [6.45, 7) is 8.22. The third-order valence-corrected chi connectivity index (χ3v) is 5.06. The zero-order valence-electron chi connectivity index (χ0n) is 17.5. The Kier molecular flexibility index (Phi) is 9.08. The van der Waals surface area contributed by atoms with Gasteiger partial charge in [-0.1, -0.05) is 29.8 Å². The normalized spacial score (nSPS) is 14.6. The molecule has 0 spiro atoms. The fourth-order valence-corrected chi connectivity index (χ4v) is 3.19. The van der Waals surface area contributed by atoms with E-state index in [1.54, 1.807) is 6.21 Å². The van der Waals surface area contributed by atoms with Gasteiger partial charge in [-0.2, -0.15) is 5.10 Å². The van der Waals surface area contributed by atoms with Crippen molar-refractivity contribution in [1.29, 1.82) is 0 Å². The highest BCUT2D eigenvalue weighted by atomic mass is 32.1. The number of benzene rings is 2. The minimum atomic E-state index is 0.534. The molecule has 1 saturated heterocycles. The lowest BCUT2D eigenvalue weighted by molar-refractivity contribution is 0.0376. The van der Waals surface area contributed by atoms with Crippen molar-refractivity contribution in [3.05, 3.63) is 65.2 Å². The highest BCUT2D eigenvalue weighted by molar-refractivity contribution is 7.80. The molecule has 0 unspecified atom stereocenters. The molecule has 2 N–H and O–H groups in total. The number of hydrogen-bond donors (Lipinski definition) is 2. The standard InChI is InChI=1S/C23H30N4O2S/c1-19-3-5-21(6-4-19)18-29-22-9-7-20(8-10-22)17-25-26-23(30)24-11-2-12-27-13-15-28-16-14-27/h3-10,17H,2,11-16,18H2,1H3,(H2,24,26,30)/b25-17-. The van der Waals surface area contributed by atoms with Crippen LogP contribution in [0.3, 0.4) is 0 Å². The van der Waals surface area contributed by atoms with Crippen LogP contribution in [0.5, 0.6) is 5.75 Å². The molecule has 2 aromatic carbocycles. The topological polar surface area (TPSA) is 58.1 Å². The molecule has 1 aliphatic rings. The average molecular weight is 427 g/mol. The van der Waals surface area contributed by atoms with E-state index < -0.39 is 0 Å². The van der Waals surface area contributed by atoms with Crippen molar-refractivity contribution in [3.63, 3.8) is 0 Å². The summed E-state index contributed by atoms with van der Waals surface area (Å²) in [5.74, 6) is 0.832. The van der Waals surface area contributed by atoms with Crippen molar-refractivity contribution in [2.24, 2.45) is 5.10 Å². The summed E-state index contributed by atoms with van der Waals surface area (Å²) in [6, 6.07) is 16.2. The van der Waals surface area contributed by atoms with E-state index in [1.165, 1.54) is 5.56 Å². The number of rotatable bonds is 9. The van der Waals surface area contributed by atoms with Crippen LogP contribution in [-0.2, 0) is 11.3 Å². The predicted molar refractivity (Wildman–Crippen MR) is 125 cm³/mol. The third kappa shape index (κ3) is 8.10. The Balaban J connectivity index is 1.31. The van der Waals surface area contributed by atoms with E-state index in [0.29, 0.717) is 11.7 Å². The molecule has 0 bridgehead atoms. The summed E-state index contributed by atoms with van der Waals surface area (Å²) in [6.07, 6.45) is 2.78. The van der Waals surface area contributed by atoms with Crippen molar-refractivity contribution in [2.75, 3.05) is 39.4 Å². The van der Waals surface area contributed by atoms with E-state index in [9.17, 15) is 0 Å². The van der Waals surface area contributed by atoms with Gasteiger partial charge in [-0.3, -0.25) is 10.3 Å². The number of hydrogen-bond acceptors (Lipinski definition) is 5. The van der Waals surface area contributed by atoms with Gasteiger partial charge >= 0.3 is 0 Å². The molecule has 2 aromatic rings. The quantitative estimate of drug-likeness (QED) is 0.278. The molecule has 0 radical (unpaired) electrons. The molecule has 0 saturated carbocycles. The SMILES string of the molecule is Cc1ccc(COc2ccc(/C=N\NC(=S)NCCCN3CCOCC3)cc2)cc1. The maximum atomic E-state index is 5.83. The molecule has 0 amide bonds. The van der Waals surface area contributed by atoms with Crippen LogP contribution in [0.1, 0.15) is 23.1 Å². The number of ether oxygens (including phenoxy) is 2. The van der Waals surface area contributed by atoms with Crippen LogP contribution in [0, 0.1) is 6.92 Å². The summed E-state index contributed by atoms with van der Waals surface area (Å²) < 4.78 is 11.2. The van der Waals surface area contributed by atoms with E-state index in [0.717, 1.165) is 62.7 Å². The first kappa shape index (κ1) is 22.2. The van der Waals surface area contributed by atoms with Crippen molar-refractivity contribution in [2.45, 2.75) is 20.0 Å². The van der Waals surface area contributed by atoms with Gasteiger partial charge in [0.25, 0.3) is 0 Å². The summed E-state index contributed by atoms with van der Waals surface area (Å²) in [7, 11) is 0. The molecular weight excluding hydrogens is 396 g/mol. The summed E-state index contributed by atoms with van der Waals surface area (Å²) in [5.41, 5.74) is 6.24. The van der Waals surface area contributed by atoms with E-state index in [1.807, 2.05) is 24.3 Å². The van der Waals surface area contributed by atoms with Gasteiger partial charge in [0.15, 0.2) is 5.11 Å². The Morgan fingerprint density at radius 3 is 2.60 bits per heavy atom. The molecule has 160 valence electrons. The van der Waals surface area contributed by atoms with Crippen LogP contribution >= 0.6 is 12.2 Å². The van der Waals surface area contributed by atoms with Gasteiger partial charge < -0.3 is 14.8 Å². The minimum Gasteiger partial charge on any atom is -0.489 e. The second kappa shape index (κ2) is 12.3. The van der Waals surface area contributed by atoms with Gasteiger partial charge in [0.1, 0.15) is 12.4 Å². The molecule has 7 heteroatoms. The number of nitrogens with zero attached hydrogens (tertiary/aromatic N) is 2. The number of aryl methyl sites for hydroxylation is 1. The first-order chi connectivity index (χ1) is 14.7. The summed E-state index contributed by atoms with van der Waals surface area (Å²) >= 11 is 5.26. The van der Waals surface area contributed by atoms with Gasteiger partial charge in [-0.15, -0.1) is 0 Å². The Labute approximate surface area is 184 Å². The van der Waals surface area contributed by atoms with E-state index >= 15 is 0 Å². The van der Waals surface area contributed by atoms with Gasteiger partial charge in [0, 0.05) is 19.6 Å². The van der Waals surface area contributed by atoms with Crippen LogP contribution in [-0.4, -0.2) is 55.6 Å². The smallest absolute Gasteiger partial charge is 0.186 e. The van der Waals surface area contributed by atoms with E-state index in [2.05, 4.69) is 51.9 Å². The first-order valence-electron chi connectivity index (χ1n) is 10.3. The average Bonchev–Trinajstić information content (AvgIpc) is 2.78. The van der Waals surface area contributed by atoms with Crippen molar-refractivity contribution >= 4 is 23.5 Å². The molecule has 0 aliphatic carbocycles. The lowest BCUT2D eigenvalue weighted by Gasteiger charge is -2.26. The Hall–Kier alpha value is -2.48. The molecule has 30 heavy (non-hydrogen) atoms. The lowest BCUT2D eigenvalue weighted by Crippen LogP contribution is -2.39. The fourth-order valence-electron chi connectivity index (χ4n) is 3.04. The largest absolute Gasteiger partial charge is 0.489 e. The van der Waals surface area contributed by atoms with Gasteiger partial charge in [-0.25, -0.2) is 0 Å². The molecular formula is C23H30N4O2S. The van der Waals surface area contributed by atoms with Crippen molar-refractivity contribution < 1.29 is 9.47 Å². The molecule has 1 aliphatic heterocycles. The van der Waals surface area contributed by atoms with Crippen LogP contribution in [0.4, 0.5) is 0 Å². The predicted octanol–water partition coefficient (Wildman–Crippen LogP) is 3.09. The Morgan fingerprint density at radius 1 is 1.13 bits per heavy atom. The first-order valence-corrected chi connectivity index (χ1v) is 10.8. The van der Waals surface area contributed by atoms with Gasteiger partial charge in [0.05, 0.1) is 19.4 Å². The Bertz CT molecular complexity index is 803. The van der Waals surface area contributed by atoms with Crippen molar-refractivity contribution in [3.8, 4) is 5.75 Å². The zero-order valence-corrected chi connectivity index (χ0v) is 18.3. The highest BCUT2D eigenvalue weighted by Crippen LogP contribution is 2.14. The van der Waals surface area contributed by atoms with Crippen LogP contribution < -0.4 is 15.5 Å². The van der Waals surface area contributed by atoms with E-state index in [4.69, 9.17) is 21.7 Å². The number of hydrazone groups is 1. The summed E-state index contributed by atoms with van der Waals surface area (Å²) in [4.78, 5) is 2.41. The molecule has 1 heterocycles. The second-order valence-electron chi connectivity index (χ2n) is 7.28. The van der Waals surface area contributed by atoms with E-state index in [-0.39, 0.29) is 0 Å². The van der Waals surface area contributed by atoms with Gasteiger partial charge in [-0.05, 0) is 67.5 Å². The third-order valence-electron chi connectivity index (χ3n) is 4.83. The minimum absolute atomic E-state index is 0.534. The zero-order chi connectivity index (χ0) is 21.0. The van der Waals surface area contributed by atoms with Crippen LogP contribution in [0.25, 0.3) is 0 Å².